The van der Waals surface area contributed by atoms with Gasteiger partial charge in [-0.25, -0.2) is 4.39 Å². The zero-order chi connectivity index (χ0) is 12.0. The van der Waals surface area contributed by atoms with E-state index >= 15 is 0 Å². The van der Waals surface area contributed by atoms with E-state index in [9.17, 15) is 4.39 Å². The van der Waals surface area contributed by atoms with E-state index in [0.29, 0.717) is 14.9 Å². The first kappa shape index (κ1) is 13.5. The van der Waals surface area contributed by atoms with Gasteiger partial charge in [0, 0.05) is 19.2 Å². The molecule has 0 aromatic heterocycles. The highest BCUT2D eigenvalue weighted by atomic mass is 127. The molecule has 0 heterocycles. The van der Waals surface area contributed by atoms with E-state index in [4.69, 9.17) is 10.8 Å². The lowest BCUT2D eigenvalue weighted by Gasteiger charge is -2.10. The van der Waals surface area contributed by atoms with Crippen molar-refractivity contribution >= 4 is 34.0 Å². The van der Waals surface area contributed by atoms with E-state index in [0.717, 1.165) is 25.8 Å². The number of nitrogen functional groups attached to an aromatic ring is 1. The summed E-state index contributed by atoms with van der Waals surface area (Å²) >= 11 is 1.91. The zero-order valence-corrected chi connectivity index (χ0v) is 11.1. The predicted octanol–water partition coefficient (Wildman–Crippen LogP) is 2.59. The van der Waals surface area contributed by atoms with Crippen LogP contribution in [0.2, 0.25) is 0 Å². The Balaban J connectivity index is 2.45. The maximum Gasteiger partial charge on any atom is 0.138 e. The summed E-state index contributed by atoms with van der Waals surface area (Å²) in [4.78, 5) is 0. The van der Waals surface area contributed by atoms with Crippen molar-refractivity contribution in [2.45, 2.75) is 19.3 Å². The molecule has 1 rings (SSSR count). The van der Waals surface area contributed by atoms with Gasteiger partial charge in [0.25, 0.3) is 0 Å². The Bertz CT molecular complexity index is 347. The molecule has 0 unspecified atom stereocenters. The Morgan fingerprint density at radius 2 is 2.06 bits per heavy atom. The summed E-state index contributed by atoms with van der Waals surface area (Å²) in [6, 6.07) is 3.04. The predicted molar refractivity (Wildman–Crippen MR) is 73.0 cm³/mol. The van der Waals surface area contributed by atoms with Gasteiger partial charge in [-0.2, -0.15) is 0 Å². The third-order valence-electron chi connectivity index (χ3n) is 2.24. The molecule has 0 aliphatic rings. The second kappa shape index (κ2) is 6.90. The molecule has 0 atom stereocenters. The van der Waals surface area contributed by atoms with Crippen molar-refractivity contribution in [2.75, 3.05) is 24.2 Å². The molecule has 4 N–H and O–H groups in total. The fourth-order valence-electron chi connectivity index (χ4n) is 1.35. The largest absolute Gasteiger partial charge is 0.397 e. The maximum absolute atomic E-state index is 13.3. The second-order valence-electron chi connectivity index (χ2n) is 3.56. The Hall–Kier alpha value is -0.560. The quantitative estimate of drug-likeness (QED) is 0.425. The van der Waals surface area contributed by atoms with Crippen LogP contribution in [0, 0.1) is 9.39 Å². The van der Waals surface area contributed by atoms with Gasteiger partial charge in [0.05, 0.1) is 14.9 Å². The number of hydrogen-bond acceptors (Lipinski definition) is 3. The van der Waals surface area contributed by atoms with E-state index in [1.54, 1.807) is 6.07 Å². The van der Waals surface area contributed by atoms with Crippen molar-refractivity contribution in [3.63, 3.8) is 0 Å². The minimum Gasteiger partial charge on any atom is -0.397 e. The standard InChI is InChI=1S/C11H16FIN2O/c12-8-6-11(10(14)7-9(8)13)15-4-2-1-3-5-16/h6-7,15-16H,1-5,14H2. The number of aliphatic hydroxyl groups excluding tert-OH is 1. The average Bonchev–Trinajstić information content (AvgIpc) is 2.25. The third-order valence-corrected chi connectivity index (χ3v) is 3.07. The molecule has 0 radical (unpaired) electrons. The molecule has 5 heteroatoms. The van der Waals surface area contributed by atoms with E-state index in [1.807, 2.05) is 22.6 Å². The van der Waals surface area contributed by atoms with Gasteiger partial charge in [-0.1, -0.05) is 0 Å². The summed E-state index contributed by atoms with van der Waals surface area (Å²) in [5.41, 5.74) is 6.96. The molecular weight excluding hydrogens is 322 g/mol. The molecule has 0 aliphatic heterocycles. The Morgan fingerprint density at radius 3 is 2.75 bits per heavy atom. The van der Waals surface area contributed by atoms with Gasteiger partial charge >= 0.3 is 0 Å². The number of unbranched alkanes of at least 4 members (excludes halogenated alkanes) is 2. The molecule has 0 amide bonds. The van der Waals surface area contributed by atoms with E-state index in [2.05, 4.69) is 5.32 Å². The van der Waals surface area contributed by atoms with Crippen molar-refractivity contribution in [3.8, 4) is 0 Å². The minimum absolute atomic E-state index is 0.223. The van der Waals surface area contributed by atoms with Gasteiger partial charge in [0.15, 0.2) is 0 Å². The Morgan fingerprint density at radius 1 is 1.31 bits per heavy atom. The molecule has 16 heavy (non-hydrogen) atoms. The van der Waals surface area contributed by atoms with Gasteiger partial charge in [-0.15, -0.1) is 0 Å². The van der Waals surface area contributed by atoms with Gasteiger partial charge in [0.1, 0.15) is 5.82 Å². The Labute approximate surface area is 108 Å². The maximum atomic E-state index is 13.3. The number of aliphatic hydroxyl groups is 1. The van der Waals surface area contributed by atoms with Gasteiger partial charge in [-0.05, 0) is 47.9 Å². The lowest BCUT2D eigenvalue weighted by molar-refractivity contribution is 0.283. The highest BCUT2D eigenvalue weighted by Gasteiger charge is 2.04. The molecule has 0 saturated heterocycles. The SMILES string of the molecule is Nc1cc(I)c(F)cc1NCCCCCO. The Kier molecular flexibility index (Phi) is 5.83. The van der Waals surface area contributed by atoms with Crippen LogP contribution in [0.25, 0.3) is 0 Å². The third kappa shape index (κ3) is 4.13. The van der Waals surface area contributed by atoms with Crippen molar-refractivity contribution < 1.29 is 9.50 Å². The van der Waals surface area contributed by atoms with Crippen LogP contribution in [0.1, 0.15) is 19.3 Å². The van der Waals surface area contributed by atoms with Crippen LogP contribution in [-0.2, 0) is 0 Å². The number of benzene rings is 1. The van der Waals surface area contributed by atoms with E-state index in [-0.39, 0.29) is 12.4 Å². The number of rotatable bonds is 6. The van der Waals surface area contributed by atoms with E-state index in [1.165, 1.54) is 6.07 Å². The van der Waals surface area contributed by atoms with Crippen molar-refractivity contribution in [1.82, 2.24) is 0 Å². The number of halogens is 2. The van der Waals surface area contributed by atoms with Crippen molar-refractivity contribution in [2.24, 2.45) is 0 Å². The molecule has 0 aliphatic carbocycles. The summed E-state index contributed by atoms with van der Waals surface area (Å²) in [5.74, 6) is -0.257. The first-order chi connectivity index (χ1) is 7.65. The zero-order valence-electron chi connectivity index (χ0n) is 8.97. The van der Waals surface area contributed by atoms with Crippen LogP contribution in [0.4, 0.5) is 15.8 Å². The molecule has 1 aromatic carbocycles. The summed E-state index contributed by atoms with van der Waals surface area (Å²) in [7, 11) is 0. The molecule has 1 aromatic rings. The molecule has 0 fully saturated rings. The fraction of sp³-hybridized carbons (Fsp3) is 0.455. The van der Waals surface area contributed by atoms with Crippen LogP contribution >= 0.6 is 22.6 Å². The topological polar surface area (TPSA) is 58.3 Å². The van der Waals surface area contributed by atoms with Crippen LogP contribution < -0.4 is 11.1 Å². The summed E-state index contributed by atoms with van der Waals surface area (Å²) in [6.07, 6.45) is 2.70. The summed E-state index contributed by atoms with van der Waals surface area (Å²) in [5, 5.41) is 11.7. The lowest BCUT2D eigenvalue weighted by Crippen LogP contribution is -2.05. The number of nitrogens with two attached hydrogens (primary N) is 1. The number of hydrogen-bond donors (Lipinski definition) is 3. The average molecular weight is 338 g/mol. The van der Waals surface area contributed by atoms with E-state index < -0.39 is 0 Å². The smallest absolute Gasteiger partial charge is 0.138 e. The highest BCUT2D eigenvalue weighted by Crippen LogP contribution is 2.23. The van der Waals surface area contributed by atoms with Gasteiger partial charge in [-0.3, -0.25) is 0 Å². The summed E-state index contributed by atoms with van der Waals surface area (Å²) < 4.78 is 13.8. The molecule has 0 saturated carbocycles. The summed E-state index contributed by atoms with van der Waals surface area (Å²) in [6.45, 7) is 0.963. The van der Waals surface area contributed by atoms with Crippen LogP contribution in [0.5, 0.6) is 0 Å². The van der Waals surface area contributed by atoms with Gasteiger partial charge < -0.3 is 16.2 Å². The van der Waals surface area contributed by atoms with Crippen LogP contribution in [-0.4, -0.2) is 18.3 Å². The first-order valence-electron chi connectivity index (χ1n) is 5.24. The molecule has 90 valence electrons. The monoisotopic (exact) mass is 338 g/mol. The number of nitrogens with one attached hydrogen (secondary N) is 1. The fourth-order valence-corrected chi connectivity index (χ4v) is 1.84. The van der Waals surface area contributed by atoms with Crippen molar-refractivity contribution in [3.05, 3.63) is 21.5 Å². The highest BCUT2D eigenvalue weighted by molar-refractivity contribution is 14.1. The molecule has 0 spiro atoms. The lowest BCUT2D eigenvalue weighted by atomic mass is 10.2. The van der Waals surface area contributed by atoms with Gasteiger partial charge in [0.2, 0.25) is 0 Å². The molecular formula is C11H16FIN2O. The normalized spacial score (nSPS) is 10.4. The first-order valence-corrected chi connectivity index (χ1v) is 6.32. The van der Waals surface area contributed by atoms with Crippen molar-refractivity contribution in [1.29, 1.82) is 0 Å². The minimum atomic E-state index is -0.257. The van der Waals surface area contributed by atoms with Crippen LogP contribution in [0.3, 0.4) is 0 Å². The molecule has 3 nitrogen and oxygen atoms in total. The molecule has 0 bridgehead atoms. The number of anilines is 2. The van der Waals surface area contributed by atoms with Crippen LogP contribution in [0.15, 0.2) is 12.1 Å². The second-order valence-corrected chi connectivity index (χ2v) is 4.73.